The third-order valence-electron chi connectivity index (χ3n) is 12.4. The van der Waals surface area contributed by atoms with Gasteiger partial charge in [0.1, 0.15) is 17.6 Å². The third kappa shape index (κ3) is 8.56. The second kappa shape index (κ2) is 17.9. The fraction of sp³-hybridized carbons (Fsp3) is 0.413. The number of piperidine rings is 4. The second-order valence-electron chi connectivity index (χ2n) is 16.0. The maximum absolute atomic E-state index is 14.1. The Morgan fingerprint density at radius 3 is 2.50 bits per heavy atom. The van der Waals surface area contributed by atoms with Crippen molar-refractivity contribution in [1.82, 2.24) is 20.1 Å². The van der Waals surface area contributed by atoms with Gasteiger partial charge in [-0.1, -0.05) is 36.4 Å². The zero-order chi connectivity index (χ0) is 40.1. The number of benzene rings is 3. The number of unbranched alkanes of at least 4 members (excludes halogenated alkanes) is 2. The van der Waals surface area contributed by atoms with Gasteiger partial charge in [-0.25, -0.2) is 0 Å². The minimum absolute atomic E-state index is 0.0332. The SMILES string of the molecule is O=C(c1ccc(OCCCCCNCC(O)c2ccc(O)c3[nH]c(=O)ccc23)c(-c2ccsc2)c1)N1CCC(C(=O)O[C@H]2CN3CCC2CC3)(c2ccccc2)CC1. The standard InChI is InChI=1S/C46H52N4O7S/c51-38-12-10-35(36-11-14-42(53)48-43(36)38)39(52)28-47-20-5-2-6-25-56-40-13-9-32(27-37(40)33-17-26-58-30-33)44(54)50-23-18-46(19-24-50,34-7-3-1-4-8-34)45(55)57-41-29-49-21-15-31(41)16-22-49/h1,3-4,7-14,17,26-27,30-31,39,41,47,51-52H,2,5-6,15-16,18-25,28-29H2,(H,48,53)/t39?,41-/m0/s1. The molecule has 58 heavy (non-hydrogen) atoms. The van der Waals surface area contributed by atoms with Gasteiger partial charge in [-0.2, -0.15) is 11.3 Å². The number of aliphatic hydroxyl groups excluding tert-OH is 1. The van der Waals surface area contributed by atoms with Gasteiger partial charge in [0, 0.05) is 48.8 Å². The molecule has 4 aliphatic rings. The number of thiophene rings is 1. The minimum atomic E-state index is -0.802. The number of fused-ring (bicyclic) bond motifs is 4. The van der Waals surface area contributed by atoms with E-state index in [9.17, 15) is 24.6 Å². The number of likely N-dealkylation sites (tertiary alicyclic amines) is 1. The lowest BCUT2D eigenvalue weighted by Crippen LogP contribution is -2.55. The number of hydrogen-bond acceptors (Lipinski definition) is 10. The molecule has 4 fully saturated rings. The molecule has 9 rings (SSSR count). The molecule has 0 saturated carbocycles. The largest absolute Gasteiger partial charge is 0.506 e. The lowest BCUT2D eigenvalue weighted by molar-refractivity contribution is -0.167. The zero-order valence-electron chi connectivity index (χ0n) is 32.7. The average Bonchev–Trinajstić information content (AvgIpc) is 3.81. The predicted molar refractivity (Wildman–Crippen MR) is 225 cm³/mol. The van der Waals surface area contributed by atoms with E-state index in [2.05, 4.69) is 20.6 Å². The van der Waals surface area contributed by atoms with Gasteiger partial charge >= 0.3 is 5.97 Å². The molecule has 1 amide bonds. The number of pyridine rings is 1. The molecular weight excluding hydrogens is 753 g/mol. The second-order valence-corrected chi connectivity index (χ2v) is 16.7. The van der Waals surface area contributed by atoms with E-state index in [4.69, 9.17) is 9.47 Å². The summed E-state index contributed by atoms with van der Waals surface area (Å²) in [5.41, 5.74) is 3.30. The van der Waals surface area contributed by atoms with Gasteiger partial charge in [0.05, 0.1) is 23.6 Å². The molecule has 0 spiro atoms. The van der Waals surface area contributed by atoms with Crippen molar-refractivity contribution >= 4 is 34.1 Å². The number of rotatable bonds is 15. The van der Waals surface area contributed by atoms with Crippen molar-refractivity contribution < 1.29 is 29.3 Å². The molecule has 2 aromatic heterocycles. The summed E-state index contributed by atoms with van der Waals surface area (Å²) in [6.45, 7) is 5.47. The van der Waals surface area contributed by atoms with Gasteiger partial charge in [-0.15, -0.1) is 0 Å². The Hall–Kier alpha value is -5.01. The summed E-state index contributed by atoms with van der Waals surface area (Å²) in [4.78, 5) is 46.8. The number of phenolic OH excluding ortho intramolecular Hbond substituents is 1. The maximum Gasteiger partial charge on any atom is 0.317 e. The van der Waals surface area contributed by atoms with Crippen LogP contribution in [0.1, 0.15) is 72.5 Å². The normalized spacial score (nSPS) is 20.5. The van der Waals surface area contributed by atoms with Crippen LogP contribution in [0.2, 0.25) is 0 Å². The van der Waals surface area contributed by atoms with Crippen LogP contribution in [0, 0.1) is 5.92 Å². The van der Waals surface area contributed by atoms with Crippen molar-refractivity contribution in [3.8, 4) is 22.6 Å². The van der Waals surface area contributed by atoms with E-state index in [-0.39, 0.29) is 29.3 Å². The number of phenols is 1. The van der Waals surface area contributed by atoms with E-state index in [1.54, 1.807) is 23.5 Å². The molecule has 2 bridgehead atoms. The number of aromatic amines is 1. The highest BCUT2D eigenvalue weighted by Gasteiger charge is 2.47. The lowest BCUT2D eigenvalue weighted by Gasteiger charge is -2.46. The minimum Gasteiger partial charge on any atom is -0.506 e. The first-order valence-electron chi connectivity index (χ1n) is 20.6. The van der Waals surface area contributed by atoms with Crippen molar-refractivity contribution in [2.75, 3.05) is 52.4 Å². The van der Waals surface area contributed by atoms with Crippen LogP contribution >= 0.6 is 11.3 Å². The van der Waals surface area contributed by atoms with Crippen LogP contribution in [0.25, 0.3) is 22.0 Å². The van der Waals surface area contributed by atoms with Crippen molar-refractivity contribution in [2.24, 2.45) is 5.92 Å². The number of nitrogens with one attached hydrogen (secondary N) is 2. The molecule has 1 unspecified atom stereocenters. The Bertz CT molecular complexity index is 2250. The highest BCUT2D eigenvalue weighted by molar-refractivity contribution is 7.08. The van der Waals surface area contributed by atoms with Gasteiger partial charge in [-0.05, 0) is 134 Å². The van der Waals surface area contributed by atoms with Crippen LogP contribution in [0.3, 0.4) is 0 Å². The van der Waals surface area contributed by atoms with Gasteiger partial charge in [0.15, 0.2) is 0 Å². The Labute approximate surface area is 342 Å². The summed E-state index contributed by atoms with van der Waals surface area (Å²) < 4.78 is 12.7. The number of aromatic nitrogens is 1. The first-order chi connectivity index (χ1) is 28.3. The molecule has 12 heteroatoms. The molecule has 4 N–H and O–H groups in total. The molecular formula is C46H52N4O7S. The van der Waals surface area contributed by atoms with Crippen LogP contribution in [-0.2, 0) is 14.9 Å². The van der Waals surface area contributed by atoms with Crippen LogP contribution in [0.4, 0.5) is 0 Å². The smallest absolute Gasteiger partial charge is 0.317 e. The number of aliphatic hydroxyl groups is 1. The van der Waals surface area contributed by atoms with E-state index in [1.807, 2.05) is 64.9 Å². The fourth-order valence-corrected chi connectivity index (χ4v) is 9.63. The summed E-state index contributed by atoms with van der Waals surface area (Å²) in [5, 5.41) is 29.0. The Kier molecular flexibility index (Phi) is 12.3. The van der Waals surface area contributed by atoms with Crippen LogP contribution < -0.4 is 15.6 Å². The number of hydrogen-bond donors (Lipinski definition) is 4. The van der Waals surface area contributed by atoms with Gasteiger partial charge < -0.3 is 34.9 Å². The summed E-state index contributed by atoms with van der Waals surface area (Å²) in [7, 11) is 0. The summed E-state index contributed by atoms with van der Waals surface area (Å²) in [6, 6.07) is 23.9. The van der Waals surface area contributed by atoms with Crippen molar-refractivity contribution in [3.63, 3.8) is 0 Å². The molecule has 5 aromatic rings. The van der Waals surface area contributed by atoms with Crippen LogP contribution in [0.5, 0.6) is 11.5 Å². The molecule has 0 aliphatic carbocycles. The Morgan fingerprint density at radius 1 is 0.948 bits per heavy atom. The molecule has 2 atom stereocenters. The number of esters is 1. The first kappa shape index (κ1) is 39.8. The number of carbonyl (C=O) groups is 2. The number of amides is 1. The van der Waals surface area contributed by atoms with E-state index in [0.717, 1.165) is 74.2 Å². The molecule has 11 nitrogen and oxygen atoms in total. The molecule has 4 aliphatic heterocycles. The zero-order valence-corrected chi connectivity index (χ0v) is 33.6. The molecule has 3 aromatic carbocycles. The maximum atomic E-state index is 14.1. The first-order valence-corrected chi connectivity index (χ1v) is 21.5. The Morgan fingerprint density at radius 2 is 1.76 bits per heavy atom. The fourth-order valence-electron chi connectivity index (χ4n) is 8.98. The molecule has 304 valence electrons. The van der Waals surface area contributed by atoms with Gasteiger partial charge in [0.25, 0.3) is 5.91 Å². The van der Waals surface area contributed by atoms with Crippen LogP contribution in [-0.4, -0.2) is 95.4 Å². The molecule has 0 radical (unpaired) electrons. The third-order valence-corrected chi connectivity index (χ3v) is 13.1. The van der Waals surface area contributed by atoms with E-state index in [0.29, 0.717) is 73.6 Å². The highest BCUT2D eigenvalue weighted by atomic mass is 32.1. The summed E-state index contributed by atoms with van der Waals surface area (Å²) >= 11 is 1.60. The number of ether oxygens (including phenoxy) is 2. The average molecular weight is 805 g/mol. The van der Waals surface area contributed by atoms with Crippen molar-refractivity contribution in [3.05, 3.63) is 117 Å². The van der Waals surface area contributed by atoms with Crippen molar-refractivity contribution in [1.29, 1.82) is 0 Å². The Balaban J connectivity index is 0.843. The van der Waals surface area contributed by atoms with E-state index in [1.165, 1.54) is 12.1 Å². The molecule has 6 heterocycles. The van der Waals surface area contributed by atoms with Crippen molar-refractivity contribution in [2.45, 2.75) is 62.6 Å². The lowest BCUT2D eigenvalue weighted by atomic mass is 9.72. The van der Waals surface area contributed by atoms with E-state index >= 15 is 0 Å². The summed E-state index contributed by atoms with van der Waals surface area (Å²) in [5.74, 6) is 0.922. The van der Waals surface area contributed by atoms with Crippen LogP contribution in [0.15, 0.2) is 94.4 Å². The van der Waals surface area contributed by atoms with E-state index < -0.39 is 11.5 Å². The number of nitrogens with zero attached hydrogens (tertiary/aromatic N) is 2. The molecule has 4 saturated heterocycles. The monoisotopic (exact) mass is 804 g/mol. The topological polar surface area (TPSA) is 144 Å². The van der Waals surface area contributed by atoms with Gasteiger partial charge in [-0.3, -0.25) is 19.3 Å². The quantitative estimate of drug-likeness (QED) is 0.0676. The number of aromatic hydroxyl groups is 1. The van der Waals surface area contributed by atoms with Gasteiger partial charge in [0.2, 0.25) is 5.56 Å². The number of carbonyl (C=O) groups excluding carboxylic acids is 2. The number of H-pyrrole nitrogens is 1. The predicted octanol–water partition coefficient (Wildman–Crippen LogP) is 6.65. The summed E-state index contributed by atoms with van der Waals surface area (Å²) in [6.07, 6.45) is 4.96. The highest BCUT2D eigenvalue weighted by Crippen LogP contribution is 2.40.